The van der Waals surface area contributed by atoms with E-state index in [-0.39, 0.29) is 0 Å². The van der Waals surface area contributed by atoms with Gasteiger partial charge >= 0.3 is 0 Å². The Labute approximate surface area is 158 Å². The lowest BCUT2D eigenvalue weighted by Crippen LogP contribution is -2.27. The van der Waals surface area contributed by atoms with Gasteiger partial charge in [-0.25, -0.2) is 4.68 Å². The molecule has 0 saturated heterocycles. The molecule has 0 radical (unpaired) electrons. The molecule has 0 fully saturated rings. The summed E-state index contributed by atoms with van der Waals surface area (Å²) in [5.74, 6) is 1.63. The molecule has 0 aliphatic carbocycles. The summed E-state index contributed by atoms with van der Waals surface area (Å²) >= 11 is 5.57. The van der Waals surface area contributed by atoms with Crippen LogP contribution in [-0.4, -0.2) is 46.6 Å². The smallest absolute Gasteiger partial charge is 0.203 e. The first kappa shape index (κ1) is 18.2. The zero-order valence-electron chi connectivity index (χ0n) is 14.9. The SMILES string of the molecule is COc1ccccc1-n1cnn(CN(C)CCOc2ccccc2)c1=S. The fourth-order valence-corrected chi connectivity index (χ4v) is 2.81. The van der Waals surface area contributed by atoms with Crippen LogP contribution in [0.15, 0.2) is 60.9 Å². The van der Waals surface area contributed by atoms with Crippen molar-refractivity contribution in [2.45, 2.75) is 6.67 Å². The summed E-state index contributed by atoms with van der Waals surface area (Å²) in [5.41, 5.74) is 0.876. The molecule has 7 heteroatoms. The Balaban J connectivity index is 1.62. The predicted octanol–water partition coefficient (Wildman–Crippen LogP) is 3.38. The van der Waals surface area contributed by atoms with Gasteiger partial charge in [-0.05, 0) is 43.5 Å². The van der Waals surface area contributed by atoms with Crippen molar-refractivity contribution in [3.63, 3.8) is 0 Å². The second-order valence-corrected chi connectivity index (χ2v) is 6.20. The fraction of sp³-hybridized carbons (Fsp3) is 0.263. The van der Waals surface area contributed by atoms with Crippen LogP contribution in [0.2, 0.25) is 0 Å². The topological polar surface area (TPSA) is 44.5 Å². The normalized spacial score (nSPS) is 10.9. The molecule has 0 saturated carbocycles. The zero-order valence-corrected chi connectivity index (χ0v) is 15.7. The van der Waals surface area contributed by atoms with Crippen LogP contribution < -0.4 is 9.47 Å². The van der Waals surface area contributed by atoms with Crippen molar-refractivity contribution >= 4 is 12.2 Å². The van der Waals surface area contributed by atoms with Gasteiger partial charge < -0.3 is 9.47 Å². The fourth-order valence-electron chi connectivity index (χ4n) is 2.56. The van der Waals surface area contributed by atoms with Crippen molar-refractivity contribution in [1.82, 2.24) is 19.2 Å². The van der Waals surface area contributed by atoms with Crippen molar-refractivity contribution in [1.29, 1.82) is 0 Å². The van der Waals surface area contributed by atoms with Gasteiger partial charge in [0.25, 0.3) is 0 Å². The number of hydrogen-bond acceptors (Lipinski definition) is 5. The third-order valence-corrected chi connectivity index (χ3v) is 4.35. The second kappa shape index (κ2) is 8.64. The van der Waals surface area contributed by atoms with Crippen LogP contribution in [0.5, 0.6) is 11.5 Å². The molecule has 3 aromatic rings. The Bertz CT molecular complexity index is 892. The summed E-state index contributed by atoms with van der Waals surface area (Å²) in [5, 5.41) is 4.41. The second-order valence-electron chi connectivity index (χ2n) is 5.84. The third kappa shape index (κ3) is 4.30. The van der Waals surface area contributed by atoms with E-state index in [9.17, 15) is 0 Å². The molecule has 6 nitrogen and oxygen atoms in total. The lowest BCUT2D eigenvalue weighted by molar-refractivity contribution is 0.198. The van der Waals surface area contributed by atoms with E-state index >= 15 is 0 Å². The van der Waals surface area contributed by atoms with Crippen LogP contribution in [-0.2, 0) is 6.67 Å². The number of likely N-dealkylation sites (N-methyl/N-ethyl adjacent to an activating group) is 1. The number of para-hydroxylation sites is 3. The Kier molecular flexibility index (Phi) is 6.04. The molecule has 1 aromatic heterocycles. The molecule has 136 valence electrons. The Morgan fingerprint density at radius 1 is 1.08 bits per heavy atom. The number of methoxy groups -OCH3 is 1. The van der Waals surface area contributed by atoms with E-state index in [0.717, 1.165) is 23.7 Å². The maximum absolute atomic E-state index is 5.73. The van der Waals surface area contributed by atoms with E-state index < -0.39 is 0 Å². The zero-order chi connectivity index (χ0) is 18.4. The molecule has 1 heterocycles. The molecule has 3 rings (SSSR count). The molecule has 0 aliphatic rings. The minimum atomic E-state index is 0.582. The minimum absolute atomic E-state index is 0.582. The first-order chi connectivity index (χ1) is 12.7. The highest BCUT2D eigenvalue weighted by atomic mass is 32.1. The van der Waals surface area contributed by atoms with Gasteiger partial charge in [0.15, 0.2) is 0 Å². The number of benzene rings is 2. The molecule has 26 heavy (non-hydrogen) atoms. The predicted molar refractivity (Wildman–Crippen MR) is 104 cm³/mol. The summed E-state index contributed by atoms with van der Waals surface area (Å²) in [7, 11) is 3.66. The van der Waals surface area contributed by atoms with Crippen LogP contribution in [0.25, 0.3) is 5.69 Å². The van der Waals surface area contributed by atoms with Crippen LogP contribution >= 0.6 is 12.2 Å². The van der Waals surface area contributed by atoms with E-state index in [1.807, 2.05) is 66.2 Å². The molecular formula is C19H22N4O2S. The van der Waals surface area contributed by atoms with Gasteiger partial charge in [-0.15, -0.1) is 0 Å². The lowest BCUT2D eigenvalue weighted by Gasteiger charge is -2.16. The van der Waals surface area contributed by atoms with Crippen molar-refractivity contribution in [3.8, 4) is 17.2 Å². The first-order valence-corrected chi connectivity index (χ1v) is 8.74. The highest BCUT2D eigenvalue weighted by Gasteiger charge is 2.10. The maximum atomic E-state index is 5.73. The van der Waals surface area contributed by atoms with Crippen LogP contribution in [0.1, 0.15) is 0 Å². The average Bonchev–Trinajstić information content (AvgIpc) is 3.03. The quantitative estimate of drug-likeness (QED) is 0.569. The maximum Gasteiger partial charge on any atom is 0.203 e. The van der Waals surface area contributed by atoms with Gasteiger partial charge in [0, 0.05) is 6.54 Å². The van der Waals surface area contributed by atoms with E-state index in [2.05, 4.69) is 10.00 Å². The molecule has 0 bridgehead atoms. The summed E-state index contributed by atoms with van der Waals surface area (Å²) in [4.78, 5) is 2.11. The van der Waals surface area contributed by atoms with Crippen molar-refractivity contribution in [2.24, 2.45) is 0 Å². The molecule has 0 unspecified atom stereocenters. The molecule has 0 N–H and O–H groups in total. The Hall–Kier alpha value is -2.64. The number of aromatic nitrogens is 3. The van der Waals surface area contributed by atoms with Gasteiger partial charge in [0.05, 0.1) is 19.5 Å². The summed E-state index contributed by atoms with van der Waals surface area (Å²) in [6.07, 6.45) is 1.72. The van der Waals surface area contributed by atoms with E-state index in [4.69, 9.17) is 21.7 Å². The number of ether oxygens (including phenoxy) is 2. The summed E-state index contributed by atoms with van der Waals surface area (Å²) in [6.45, 7) is 1.94. The highest BCUT2D eigenvalue weighted by Crippen LogP contribution is 2.22. The highest BCUT2D eigenvalue weighted by molar-refractivity contribution is 7.71. The lowest BCUT2D eigenvalue weighted by atomic mass is 10.3. The van der Waals surface area contributed by atoms with Crippen LogP contribution in [0, 0.1) is 4.77 Å². The van der Waals surface area contributed by atoms with E-state index in [1.54, 1.807) is 18.1 Å². The molecule has 0 aliphatic heterocycles. The molecule has 2 aromatic carbocycles. The van der Waals surface area contributed by atoms with Crippen LogP contribution in [0.3, 0.4) is 0 Å². The van der Waals surface area contributed by atoms with Crippen LogP contribution in [0.4, 0.5) is 0 Å². The van der Waals surface area contributed by atoms with E-state index in [0.29, 0.717) is 18.0 Å². The minimum Gasteiger partial charge on any atom is -0.495 e. The summed E-state index contributed by atoms with van der Waals surface area (Å²) in [6, 6.07) is 17.5. The average molecular weight is 370 g/mol. The van der Waals surface area contributed by atoms with Gasteiger partial charge in [0.2, 0.25) is 4.77 Å². The van der Waals surface area contributed by atoms with Gasteiger partial charge in [-0.1, -0.05) is 30.3 Å². The monoisotopic (exact) mass is 370 g/mol. The Morgan fingerprint density at radius 3 is 2.58 bits per heavy atom. The van der Waals surface area contributed by atoms with E-state index in [1.165, 1.54) is 0 Å². The molecule has 0 atom stereocenters. The largest absolute Gasteiger partial charge is 0.495 e. The van der Waals surface area contributed by atoms with Crippen molar-refractivity contribution in [3.05, 3.63) is 65.7 Å². The standard InChI is InChI=1S/C19H22N4O2S/c1-21(12-13-25-16-8-4-3-5-9-16)15-23-19(26)22(14-20-23)17-10-6-7-11-18(17)24-2/h3-11,14H,12-13,15H2,1-2H3. The number of hydrogen-bond donors (Lipinski definition) is 0. The number of rotatable bonds is 8. The van der Waals surface area contributed by atoms with Crippen molar-refractivity contribution < 1.29 is 9.47 Å². The van der Waals surface area contributed by atoms with Gasteiger partial charge in [0.1, 0.15) is 24.4 Å². The first-order valence-electron chi connectivity index (χ1n) is 8.33. The number of nitrogens with zero attached hydrogens (tertiary/aromatic N) is 4. The summed E-state index contributed by atoms with van der Waals surface area (Å²) < 4.78 is 15.4. The van der Waals surface area contributed by atoms with Crippen molar-refractivity contribution in [2.75, 3.05) is 27.3 Å². The molecule has 0 spiro atoms. The molecular weight excluding hydrogens is 348 g/mol. The Morgan fingerprint density at radius 2 is 1.81 bits per heavy atom. The third-order valence-electron chi connectivity index (χ3n) is 3.94. The molecule has 0 amide bonds. The van der Waals surface area contributed by atoms with Gasteiger partial charge in [-0.2, -0.15) is 5.10 Å². The van der Waals surface area contributed by atoms with Gasteiger partial charge in [-0.3, -0.25) is 9.47 Å².